The van der Waals surface area contributed by atoms with Crippen LogP contribution in [0.3, 0.4) is 0 Å². The van der Waals surface area contributed by atoms with Crippen LogP contribution in [-0.2, 0) is 12.8 Å². The first kappa shape index (κ1) is 65.8. The summed E-state index contributed by atoms with van der Waals surface area (Å²) in [6, 6.07) is 22.3. The van der Waals surface area contributed by atoms with E-state index in [1.54, 1.807) is 43.1 Å². The van der Waals surface area contributed by atoms with E-state index in [1.165, 1.54) is 62.5 Å². The van der Waals surface area contributed by atoms with Gasteiger partial charge in [-0.3, -0.25) is 20.3 Å². The van der Waals surface area contributed by atoms with Gasteiger partial charge in [-0.05, 0) is 176 Å². The average Bonchev–Trinajstić information content (AvgIpc) is 2.17. The summed E-state index contributed by atoms with van der Waals surface area (Å²) in [4.78, 5) is 4.04. The number of pyridine rings is 1. The van der Waals surface area contributed by atoms with Crippen molar-refractivity contribution in [2.45, 2.75) is 171 Å². The Labute approximate surface area is 550 Å². The van der Waals surface area contributed by atoms with Crippen molar-refractivity contribution < 1.29 is 29.9 Å². The summed E-state index contributed by atoms with van der Waals surface area (Å²) in [5.41, 5.74) is 10.6. The third kappa shape index (κ3) is 15.3. The highest BCUT2D eigenvalue weighted by atomic mass is 35.5. The number of aromatic amines is 3. The van der Waals surface area contributed by atoms with Crippen molar-refractivity contribution in [3.63, 3.8) is 0 Å². The standard InChI is InChI=1S/C16H19ClO.C15H12ClNO.C14H16ClFN2O.C14H17ClN2O.C13H15ClN2O/c17-13-9-12-7-4-8-14(12)15(10-13)16(18)11-5-2-1-3-6-11;16-12-7-10-3-1-5-13(10)14(8-12)15(18)11-4-2-6-17-9-11;15-10-6-9-8-17-18-12(9)11(7-10)13(19)14(16)4-2-1-3-5-14;15-12-7-6-10(13-11(12)8-16-17-13)14(18)9-4-2-1-3-5-9;14-10-5-9-7-15-16-12(9)11(6-10)13(17)8-3-1-2-4-8/h4,7,9-11,16,18H,1-3,5-6,8H2;1-4,6-9,15,18H,5H2;6-8,13,19H,1-5H2,(H,17,18);6-9,14,18H,1-5H2,(H,16,17);5-8,13,17H,1-4H2,(H,15,16). The lowest BCUT2D eigenvalue weighted by Crippen LogP contribution is -2.34. The zero-order chi connectivity index (χ0) is 62.9. The Balaban J connectivity index is 0.000000116. The summed E-state index contributed by atoms with van der Waals surface area (Å²) in [6.07, 6.45) is 35.8. The molecule has 4 saturated carbocycles. The van der Waals surface area contributed by atoms with Crippen molar-refractivity contribution in [3.05, 3.63) is 197 Å². The van der Waals surface area contributed by atoms with Gasteiger partial charge in [-0.25, -0.2) is 4.39 Å². The minimum Gasteiger partial charge on any atom is -0.388 e. The predicted molar refractivity (Wildman–Crippen MR) is 362 cm³/mol. The monoisotopic (exact) mass is 1320 g/mol. The molecule has 5 atom stereocenters. The zero-order valence-corrected chi connectivity index (χ0v) is 54.2. The average molecular weight is 1320 g/mol. The van der Waals surface area contributed by atoms with Crippen LogP contribution in [-0.4, -0.2) is 66.8 Å². The summed E-state index contributed by atoms with van der Waals surface area (Å²) >= 11 is 30.5. The molecule has 4 heterocycles. The number of hydrogen-bond acceptors (Lipinski definition) is 9. The molecule has 18 heteroatoms. The molecule has 4 fully saturated rings. The fraction of sp³-hybridized carbons (Fsp3) is 0.417. The molecule has 9 aromatic rings. The van der Waals surface area contributed by atoms with Crippen LogP contribution in [0.15, 0.2) is 116 Å². The quantitative estimate of drug-likeness (QED) is 0.0656. The number of aliphatic hydroxyl groups excluding tert-OH is 5. The van der Waals surface area contributed by atoms with Crippen LogP contribution >= 0.6 is 58.0 Å². The maximum Gasteiger partial charge on any atom is 0.141 e. The molecule has 5 unspecified atom stereocenters. The van der Waals surface area contributed by atoms with Gasteiger partial charge < -0.3 is 25.5 Å². The SMILES string of the molecule is OC(c1cc(Cl)cc2c1CC=C2)C1CCCCC1.OC(c1cc(Cl)cc2cn[nH]c12)C1(F)CCCCC1.OC(c1cc(Cl)cc2cn[nH]c12)C1CCCC1.OC(c1ccc(Cl)c2cn[nH]c12)C1CCCCC1.OC(c1cccnc1)c1cc(Cl)cc2c1CC=C2. The van der Waals surface area contributed by atoms with E-state index in [4.69, 9.17) is 58.0 Å². The maximum absolute atomic E-state index is 14.9. The van der Waals surface area contributed by atoms with Gasteiger partial charge in [0.15, 0.2) is 0 Å². The predicted octanol–water partition coefficient (Wildman–Crippen LogP) is 19.1. The summed E-state index contributed by atoms with van der Waals surface area (Å²) in [7, 11) is 0. The fourth-order valence-corrected chi connectivity index (χ4v) is 15.5. The van der Waals surface area contributed by atoms with Crippen molar-refractivity contribution in [1.82, 2.24) is 35.6 Å². The van der Waals surface area contributed by atoms with Gasteiger partial charge in [-0.1, -0.05) is 165 Å². The van der Waals surface area contributed by atoms with Crippen LogP contribution in [0, 0.1) is 17.8 Å². The summed E-state index contributed by atoms with van der Waals surface area (Å²) < 4.78 is 14.9. The van der Waals surface area contributed by atoms with Crippen LogP contribution in [0.5, 0.6) is 0 Å². The van der Waals surface area contributed by atoms with E-state index in [1.807, 2.05) is 66.7 Å². The molecule has 8 N–H and O–H groups in total. The number of benzene rings is 5. The van der Waals surface area contributed by atoms with E-state index in [9.17, 15) is 29.9 Å². The highest BCUT2D eigenvalue weighted by Crippen LogP contribution is 2.45. The Hall–Kier alpha value is -5.68. The number of halogens is 6. The lowest BCUT2D eigenvalue weighted by molar-refractivity contribution is -0.0354. The van der Waals surface area contributed by atoms with E-state index >= 15 is 0 Å². The number of fused-ring (bicyclic) bond motifs is 5. The van der Waals surface area contributed by atoms with E-state index in [-0.39, 0.29) is 6.10 Å². The molecule has 0 saturated heterocycles. The van der Waals surface area contributed by atoms with Crippen LogP contribution in [0.25, 0.3) is 44.9 Å². The molecule has 0 amide bonds. The number of nitrogens with one attached hydrogen (secondary N) is 3. The number of aliphatic hydroxyl groups is 5. The Morgan fingerprint density at radius 1 is 0.467 bits per heavy atom. The number of allylic oxidation sites excluding steroid dienone is 2. The van der Waals surface area contributed by atoms with Crippen molar-refractivity contribution >= 4 is 103 Å². The van der Waals surface area contributed by atoms with Crippen molar-refractivity contribution in [2.24, 2.45) is 17.8 Å². The molecule has 6 aliphatic rings. The first-order chi connectivity index (χ1) is 43.6. The molecule has 0 aliphatic heterocycles. The van der Waals surface area contributed by atoms with E-state index in [0.29, 0.717) is 61.8 Å². The molecule has 12 nitrogen and oxygen atoms in total. The molecule has 5 aromatic carbocycles. The van der Waals surface area contributed by atoms with Crippen LogP contribution in [0.1, 0.15) is 208 Å². The zero-order valence-electron chi connectivity index (χ0n) is 50.4. The van der Waals surface area contributed by atoms with E-state index < -0.39 is 30.1 Å². The van der Waals surface area contributed by atoms with Crippen LogP contribution in [0.2, 0.25) is 25.1 Å². The second-order valence-corrected chi connectivity index (χ2v) is 27.3. The molecule has 90 heavy (non-hydrogen) atoms. The highest BCUT2D eigenvalue weighted by molar-refractivity contribution is 6.35. The molecule has 6 aliphatic carbocycles. The number of aromatic nitrogens is 7. The maximum atomic E-state index is 14.9. The minimum atomic E-state index is -1.55. The Morgan fingerprint density at radius 3 is 1.49 bits per heavy atom. The van der Waals surface area contributed by atoms with Crippen molar-refractivity contribution in [3.8, 4) is 0 Å². The molecular weight excluding hydrogens is 1240 g/mol. The molecule has 4 aromatic heterocycles. The number of rotatable bonds is 10. The number of hydrogen-bond donors (Lipinski definition) is 8. The normalized spacial score (nSPS) is 18.9. The van der Waals surface area contributed by atoms with Crippen LogP contribution < -0.4 is 0 Å². The second-order valence-electron chi connectivity index (χ2n) is 25.2. The number of H-pyrrole nitrogens is 3. The number of alkyl halides is 1. The first-order valence-corrected chi connectivity index (χ1v) is 33.9. The van der Waals surface area contributed by atoms with E-state index in [2.05, 4.69) is 53.8 Å². The van der Waals surface area contributed by atoms with Crippen molar-refractivity contribution in [2.75, 3.05) is 0 Å². The van der Waals surface area contributed by atoms with Gasteiger partial charge in [-0.15, -0.1) is 0 Å². The van der Waals surface area contributed by atoms with Gasteiger partial charge in [0, 0.05) is 70.9 Å². The van der Waals surface area contributed by atoms with Gasteiger partial charge in [-0.2, -0.15) is 15.3 Å². The molecule has 474 valence electrons. The Morgan fingerprint density at radius 2 is 0.922 bits per heavy atom. The van der Waals surface area contributed by atoms with Gasteiger partial charge in [0.25, 0.3) is 0 Å². The largest absolute Gasteiger partial charge is 0.388 e. The topological polar surface area (TPSA) is 200 Å². The van der Waals surface area contributed by atoms with E-state index in [0.717, 1.165) is 142 Å². The van der Waals surface area contributed by atoms with Gasteiger partial charge >= 0.3 is 0 Å². The Kier molecular flexibility index (Phi) is 22.2. The Bertz CT molecular complexity index is 3920. The third-order valence-electron chi connectivity index (χ3n) is 19.2. The van der Waals surface area contributed by atoms with Crippen molar-refractivity contribution in [1.29, 1.82) is 0 Å². The molecule has 0 bridgehead atoms. The smallest absolute Gasteiger partial charge is 0.141 e. The number of nitrogens with zero attached hydrogens (tertiary/aromatic N) is 4. The summed E-state index contributed by atoms with van der Waals surface area (Å²) in [5.74, 6) is 1.15. The van der Waals surface area contributed by atoms with Gasteiger partial charge in [0.2, 0.25) is 0 Å². The molecule has 0 spiro atoms. The molecule has 0 radical (unpaired) electrons. The fourth-order valence-electron chi connectivity index (χ4n) is 14.4. The van der Waals surface area contributed by atoms with Gasteiger partial charge in [0.1, 0.15) is 17.9 Å². The highest BCUT2D eigenvalue weighted by Gasteiger charge is 2.41. The molecule has 15 rings (SSSR count). The van der Waals surface area contributed by atoms with Crippen LogP contribution in [0.4, 0.5) is 4.39 Å². The summed E-state index contributed by atoms with van der Waals surface area (Å²) in [5, 5.41) is 79.2. The minimum absolute atomic E-state index is 0.336. The third-order valence-corrected chi connectivity index (χ3v) is 20.5. The summed E-state index contributed by atoms with van der Waals surface area (Å²) in [6.45, 7) is 0. The first-order valence-electron chi connectivity index (χ1n) is 32.0. The lowest BCUT2D eigenvalue weighted by atomic mass is 9.79. The second kappa shape index (κ2) is 30.4. The lowest BCUT2D eigenvalue weighted by Gasteiger charge is -2.34. The van der Waals surface area contributed by atoms with Gasteiger partial charge in [0.05, 0.1) is 58.5 Å². The molecular formula is C72H79Cl5FN7O5.